The maximum Gasteiger partial charge on any atom is 0.287 e. The Morgan fingerprint density at radius 3 is 2.38 bits per heavy atom. The number of hydrogen-bond acceptors (Lipinski definition) is 6. The lowest BCUT2D eigenvalue weighted by Crippen LogP contribution is -2.25. The topological polar surface area (TPSA) is 110 Å². The number of para-hydroxylation sites is 2. The molecule has 1 heterocycles. The molecular weight excluding hydrogens is 436 g/mol. The fourth-order valence-electron chi connectivity index (χ4n) is 3.35. The maximum atomic E-state index is 12.5. The van der Waals surface area contributed by atoms with E-state index in [0.29, 0.717) is 43.1 Å². The molecule has 0 aliphatic carbocycles. The van der Waals surface area contributed by atoms with Crippen LogP contribution in [-0.4, -0.2) is 30.2 Å². The molecule has 174 valence electrons. The molecular formula is C26H24N2O6. The molecule has 0 aliphatic rings. The van der Waals surface area contributed by atoms with Crippen molar-refractivity contribution in [3.63, 3.8) is 0 Å². The van der Waals surface area contributed by atoms with Crippen LogP contribution in [0.1, 0.15) is 32.9 Å². The van der Waals surface area contributed by atoms with E-state index in [0.717, 1.165) is 16.7 Å². The highest BCUT2D eigenvalue weighted by atomic mass is 16.5. The molecule has 4 rings (SSSR count). The molecule has 8 heteroatoms. The van der Waals surface area contributed by atoms with E-state index in [4.69, 9.17) is 19.1 Å². The fourth-order valence-corrected chi connectivity index (χ4v) is 3.35. The molecule has 0 fully saturated rings. The van der Waals surface area contributed by atoms with Crippen molar-refractivity contribution in [2.24, 2.45) is 0 Å². The van der Waals surface area contributed by atoms with E-state index in [-0.39, 0.29) is 11.7 Å². The van der Waals surface area contributed by atoms with Crippen LogP contribution < -0.4 is 20.3 Å². The first-order valence-electron chi connectivity index (χ1n) is 10.8. The molecule has 0 spiro atoms. The average Bonchev–Trinajstić information content (AvgIpc) is 3.33. The summed E-state index contributed by atoms with van der Waals surface area (Å²) in [7, 11) is 0. The maximum absolute atomic E-state index is 12.5. The Kier molecular flexibility index (Phi) is 7.42. The minimum Gasteiger partial charge on any atom is -0.494 e. The molecule has 3 aromatic carbocycles. The second-order valence-electron chi connectivity index (χ2n) is 7.47. The van der Waals surface area contributed by atoms with Crippen molar-refractivity contribution in [2.75, 3.05) is 13.2 Å². The number of ether oxygens (including phenoxy) is 2. The van der Waals surface area contributed by atoms with Gasteiger partial charge in [-0.3, -0.25) is 14.8 Å². The zero-order valence-electron chi connectivity index (χ0n) is 18.3. The zero-order valence-corrected chi connectivity index (χ0v) is 18.3. The molecule has 0 aliphatic heterocycles. The number of furan rings is 1. The smallest absolute Gasteiger partial charge is 0.287 e. The van der Waals surface area contributed by atoms with Crippen molar-refractivity contribution >= 4 is 22.8 Å². The quantitative estimate of drug-likeness (QED) is 0.185. The summed E-state index contributed by atoms with van der Waals surface area (Å²) < 4.78 is 17.3. The molecule has 0 radical (unpaired) electrons. The summed E-state index contributed by atoms with van der Waals surface area (Å²) in [6.07, 6.45) is 0.584. The Morgan fingerprint density at radius 2 is 1.62 bits per heavy atom. The molecule has 4 aromatic rings. The summed E-state index contributed by atoms with van der Waals surface area (Å²) in [6.45, 7) is 1.12. The highest BCUT2D eigenvalue weighted by molar-refractivity contribution is 5.96. The van der Waals surface area contributed by atoms with E-state index in [1.54, 1.807) is 35.8 Å². The van der Waals surface area contributed by atoms with Crippen molar-refractivity contribution < 1.29 is 28.7 Å². The van der Waals surface area contributed by atoms with Crippen LogP contribution in [0.5, 0.6) is 11.5 Å². The molecule has 0 saturated carbocycles. The zero-order chi connectivity index (χ0) is 23.8. The monoisotopic (exact) mass is 460 g/mol. The van der Waals surface area contributed by atoms with Gasteiger partial charge in [-0.1, -0.05) is 36.4 Å². The molecule has 0 bridgehead atoms. The minimum atomic E-state index is -0.587. The lowest BCUT2D eigenvalue weighted by atomic mass is 10.1. The lowest BCUT2D eigenvalue weighted by Gasteiger charge is -2.07. The largest absolute Gasteiger partial charge is 0.494 e. The van der Waals surface area contributed by atoms with Crippen LogP contribution >= 0.6 is 0 Å². The van der Waals surface area contributed by atoms with Gasteiger partial charge < -0.3 is 19.2 Å². The summed E-state index contributed by atoms with van der Waals surface area (Å²) in [4.78, 5) is 23.8. The number of amides is 2. The molecule has 1 aromatic heterocycles. The molecule has 0 atom stereocenters. The van der Waals surface area contributed by atoms with Gasteiger partial charge in [0.25, 0.3) is 11.8 Å². The summed E-state index contributed by atoms with van der Waals surface area (Å²) in [5.41, 5.74) is 3.38. The van der Waals surface area contributed by atoms with Gasteiger partial charge in [-0.15, -0.1) is 0 Å². The fraction of sp³-hybridized carbons (Fsp3) is 0.154. The van der Waals surface area contributed by atoms with Gasteiger partial charge >= 0.3 is 0 Å². The van der Waals surface area contributed by atoms with Gasteiger partial charge in [0.1, 0.15) is 23.7 Å². The summed E-state index contributed by atoms with van der Waals surface area (Å²) in [6, 6.07) is 23.3. The van der Waals surface area contributed by atoms with Crippen molar-refractivity contribution in [1.29, 1.82) is 0 Å². The SMILES string of the molecule is O=C(NO)c1ccc(OCCCNC(=O)c2cc3cccc(COc4ccccc4)c3o2)cc1. The third kappa shape index (κ3) is 5.73. The molecule has 2 amide bonds. The number of nitrogens with one attached hydrogen (secondary N) is 2. The first-order valence-corrected chi connectivity index (χ1v) is 10.8. The van der Waals surface area contributed by atoms with E-state index < -0.39 is 5.91 Å². The molecule has 34 heavy (non-hydrogen) atoms. The number of fused-ring (bicyclic) bond motifs is 1. The van der Waals surface area contributed by atoms with E-state index in [1.165, 1.54) is 0 Å². The Morgan fingerprint density at radius 1 is 0.853 bits per heavy atom. The minimum absolute atomic E-state index is 0.237. The Hall–Kier alpha value is -4.30. The third-order valence-electron chi connectivity index (χ3n) is 5.08. The number of hydrogen-bond donors (Lipinski definition) is 3. The molecule has 0 unspecified atom stereocenters. The predicted molar refractivity (Wildman–Crippen MR) is 125 cm³/mol. The van der Waals surface area contributed by atoms with Crippen LogP contribution in [0.2, 0.25) is 0 Å². The Balaban J connectivity index is 1.26. The van der Waals surface area contributed by atoms with Gasteiger partial charge in [0.15, 0.2) is 5.76 Å². The van der Waals surface area contributed by atoms with Crippen LogP contribution in [0.3, 0.4) is 0 Å². The second-order valence-corrected chi connectivity index (χ2v) is 7.47. The highest BCUT2D eigenvalue weighted by Gasteiger charge is 2.14. The Bertz CT molecular complexity index is 1250. The number of carbonyl (C=O) groups excluding carboxylic acids is 2. The Labute approximate surface area is 196 Å². The van der Waals surface area contributed by atoms with Crippen molar-refractivity contribution in [3.8, 4) is 11.5 Å². The van der Waals surface area contributed by atoms with E-state index in [9.17, 15) is 9.59 Å². The van der Waals surface area contributed by atoms with Crippen LogP contribution in [0.15, 0.2) is 83.3 Å². The van der Waals surface area contributed by atoms with E-state index in [1.807, 2.05) is 48.5 Å². The number of benzene rings is 3. The number of rotatable bonds is 10. The highest BCUT2D eigenvalue weighted by Crippen LogP contribution is 2.24. The van der Waals surface area contributed by atoms with Crippen LogP contribution in [0.25, 0.3) is 11.0 Å². The molecule has 8 nitrogen and oxygen atoms in total. The van der Waals surface area contributed by atoms with Crippen molar-refractivity contribution in [3.05, 3.63) is 95.7 Å². The lowest BCUT2D eigenvalue weighted by molar-refractivity contribution is 0.0706. The van der Waals surface area contributed by atoms with Crippen LogP contribution in [-0.2, 0) is 6.61 Å². The van der Waals surface area contributed by atoms with Gasteiger partial charge in [-0.05, 0) is 48.9 Å². The normalized spacial score (nSPS) is 10.6. The van der Waals surface area contributed by atoms with Crippen LogP contribution in [0, 0.1) is 0 Å². The van der Waals surface area contributed by atoms with Gasteiger partial charge in [-0.25, -0.2) is 5.48 Å². The summed E-state index contributed by atoms with van der Waals surface area (Å²) >= 11 is 0. The van der Waals surface area contributed by atoms with Gasteiger partial charge in [0.05, 0.1) is 6.61 Å². The van der Waals surface area contributed by atoms with Gasteiger partial charge in [-0.2, -0.15) is 0 Å². The molecule has 0 saturated heterocycles. The van der Waals surface area contributed by atoms with Crippen molar-refractivity contribution in [1.82, 2.24) is 10.8 Å². The summed E-state index contributed by atoms with van der Waals surface area (Å²) in [5, 5.41) is 12.3. The number of hydroxylamine groups is 1. The number of carbonyl (C=O) groups is 2. The first kappa shape index (κ1) is 22.9. The average molecular weight is 460 g/mol. The van der Waals surface area contributed by atoms with E-state index in [2.05, 4.69) is 5.32 Å². The van der Waals surface area contributed by atoms with Crippen molar-refractivity contribution in [2.45, 2.75) is 13.0 Å². The third-order valence-corrected chi connectivity index (χ3v) is 5.08. The van der Waals surface area contributed by atoms with Crippen LogP contribution in [0.4, 0.5) is 0 Å². The standard InChI is InChI=1S/C26H24N2O6/c29-25(28-31)18-10-12-22(13-11-18)32-15-5-14-27-26(30)23-16-19-6-4-7-20(24(19)34-23)17-33-21-8-2-1-3-9-21/h1-4,6-13,16,31H,5,14-15,17H2,(H,27,30)(H,28,29). The van der Waals surface area contributed by atoms with Gasteiger partial charge in [0.2, 0.25) is 0 Å². The first-order chi connectivity index (χ1) is 16.6. The molecule has 3 N–H and O–H groups in total. The predicted octanol–water partition coefficient (Wildman–Crippen LogP) is 4.33. The van der Waals surface area contributed by atoms with E-state index >= 15 is 0 Å². The van der Waals surface area contributed by atoms with Gasteiger partial charge in [0, 0.05) is 23.1 Å². The summed E-state index contributed by atoms with van der Waals surface area (Å²) in [5.74, 6) is 0.697. The second kappa shape index (κ2) is 11.0.